The van der Waals surface area contributed by atoms with Gasteiger partial charge in [0.15, 0.2) is 0 Å². The molecule has 2 aromatic carbocycles. The number of aryl methyl sites for hydroxylation is 2. The van der Waals surface area contributed by atoms with E-state index in [4.69, 9.17) is 0 Å². The highest BCUT2D eigenvalue weighted by Crippen LogP contribution is 2.36. The Morgan fingerprint density at radius 3 is 2.38 bits per heavy atom. The van der Waals surface area contributed by atoms with Gasteiger partial charge in [-0.25, -0.2) is 0 Å². The lowest BCUT2D eigenvalue weighted by Gasteiger charge is -2.37. The number of benzene rings is 2. The number of nitrogens with zero attached hydrogens (tertiary/aromatic N) is 1. The molecule has 0 radical (unpaired) electrons. The van der Waals surface area contributed by atoms with Gasteiger partial charge in [-0.3, -0.25) is 9.59 Å². The zero-order valence-corrected chi connectivity index (χ0v) is 17.4. The van der Waals surface area contributed by atoms with Gasteiger partial charge in [-0.05, 0) is 44.2 Å². The zero-order valence-electron chi connectivity index (χ0n) is 17.4. The van der Waals surface area contributed by atoms with E-state index in [1.807, 2.05) is 17.0 Å². The third-order valence-corrected chi connectivity index (χ3v) is 6.12. The molecule has 2 amide bonds. The molecule has 2 aromatic rings. The second-order valence-electron chi connectivity index (χ2n) is 8.77. The minimum Gasteiger partial charge on any atom is -0.352 e. The normalized spacial score (nSPS) is 21.7. The van der Waals surface area contributed by atoms with E-state index in [1.54, 1.807) is 0 Å². The van der Waals surface area contributed by atoms with E-state index in [9.17, 15) is 9.59 Å². The van der Waals surface area contributed by atoms with Crippen LogP contribution in [0.1, 0.15) is 47.4 Å². The molecule has 29 heavy (non-hydrogen) atoms. The van der Waals surface area contributed by atoms with Gasteiger partial charge in [0.05, 0.1) is 5.92 Å². The van der Waals surface area contributed by atoms with Crippen molar-refractivity contribution in [2.75, 3.05) is 13.1 Å². The predicted molar refractivity (Wildman–Crippen MR) is 114 cm³/mol. The number of piperidine rings is 1. The fourth-order valence-electron chi connectivity index (χ4n) is 4.38. The molecule has 1 saturated carbocycles. The van der Waals surface area contributed by atoms with Crippen molar-refractivity contribution in [2.24, 2.45) is 11.8 Å². The van der Waals surface area contributed by atoms with Crippen LogP contribution in [0, 0.1) is 25.7 Å². The van der Waals surface area contributed by atoms with Gasteiger partial charge in [0.25, 0.3) is 0 Å². The summed E-state index contributed by atoms with van der Waals surface area (Å²) >= 11 is 0. The summed E-state index contributed by atoms with van der Waals surface area (Å²) < 4.78 is 0. The summed E-state index contributed by atoms with van der Waals surface area (Å²) in [5, 5.41) is 3.11. The van der Waals surface area contributed by atoms with E-state index in [0.717, 1.165) is 31.4 Å². The highest BCUT2D eigenvalue weighted by Gasteiger charge is 2.39. The Hall–Kier alpha value is -2.62. The molecule has 4 heteroatoms. The SMILES string of the molecule is Cc1cccc(CNC(=O)C2CC(c3cccc(C)c3)CN(C(=O)C3CC3)C2)c1. The maximum atomic E-state index is 13.0. The summed E-state index contributed by atoms with van der Waals surface area (Å²) in [5.41, 5.74) is 4.74. The van der Waals surface area contributed by atoms with Gasteiger partial charge in [-0.1, -0.05) is 59.7 Å². The van der Waals surface area contributed by atoms with E-state index in [2.05, 4.69) is 55.6 Å². The summed E-state index contributed by atoms with van der Waals surface area (Å²) in [6.45, 7) is 5.94. The van der Waals surface area contributed by atoms with E-state index < -0.39 is 0 Å². The van der Waals surface area contributed by atoms with Crippen LogP contribution in [0.25, 0.3) is 0 Å². The van der Waals surface area contributed by atoms with Crippen molar-refractivity contribution < 1.29 is 9.59 Å². The average molecular weight is 391 g/mol. The van der Waals surface area contributed by atoms with Crippen LogP contribution in [0.4, 0.5) is 0 Å². The number of carbonyl (C=O) groups is 2. The highest BCUT2D eigenvalue weighted by molar-refractivity contribution is 5.83. The third-order valence-electron chi connectivity index (χ3n) is 6.12. The third kappa shape index (κ3) is 4.87. The lowest BCUT2D eigenvalue weighted by Crippen LogP contribution is -2.48. The lowest BCUT2D eigenvalue weighted by molar-refractivity contribution is -0.137. The number of nitrogens with one attached hydrogen (secondary N) is 1. The number of hydrogen-bond donors (Lipinski definition) is 1. The molecule has 2 aliphatic rings. The molecule has 1 aliphatic carbocycles. The summed E-state index contributed by atoms with van der Waals surface area (Å²) in [6.07, 6.45) is 2.78. The van der Waals surface area contributed by atoms with Crippen molar-refractivity contribution in [2.45, 2.75) is 45.6 Å². The highest BCUT2D eigenvalue weighted by atomic mass is 16.2. The molecule has 0 spiro atoms. The molecule has 2 atom stereocenters. The number of amides is 2. The molecule has 2 unspecified atom stereocenters. The van der Waals surface area contributed by atoms with Gasteiger partial charge in [-0.15, -0.1) is 0 Å². The monoisotopic (exact) mass is 390 g/mol. The van der Waals surface area contributed by atoms with E-state index in [0.29, 0.717) is 13.1 Å². The predicted octanol–water partition coefficient (Wildman–Crippen LogP) is 3.96. The van der Waals surface area contributed by atoms with E-state index in [1.165, 1.54) is 16.7 Å². The molecule has 1 aliphatic heterocycles. The van der Waals surface area contributed by atoms with Crippen molar-refractivity contribution in [1.29, 1.82) is 0 Å². The molecule has 0 bridgehead atoms. The Morgan fingerprint density at radius 2 is 1.69 bits per heavy atom. The molecule has 1 heterocycles. The number of hydrogen-bond acceptors (Lipinski definition) is 2. The van der Waals surface area contributed by atoms with Crippen LogP contribution in [-0.4, -0.2) is 29.8 Å². The number of carbonyl (C=O) groups excluding carboxylic acids is 2. The molecular formula is C25H30N2O2. The van der Waals surface area contributed by atoms with Crippen molar-refractivity contribution in [3.63, 3.8) is 0 Å². The zero-order chi connectivity index (χ0) is 20.4. The molecule has 152 valence electrons. The minimum absolute atomic E-state index is 0.0532. The molecular weight excluding hydrogens is 360 g/mol. The standard InChI is InChI=1S/C25H30N2O2/c1-17-5-3-7-19(11-17)14-26-24(28)23-13-22(21-8-4-6-18(2)12-21)15-27(16-23)25(29)20-9-10-20/h3-8,11-12,20,22-23H,9-10,13-16H2,1-2H3,(H,26,28). The Labute approximate surface area is 173 Å². The summed E-state index contributed by atoms with van der Waals surface area (Å²) in [5.74, 6) is 0.515. The summed E-state index contributed by atoms with van der Waals surface area (Å²) in [4.78, 5) is 27.7. The van der Waals surface area contributed by atoms with E-state index >= 15 is 0 Å². The Morgan fingerprint density at radius 1 is 0.966 bits per heavy atom. The summed E-state index contributed by atoms with van der Waals surface area (Å²) in [7, 11) is 0. The van der Waals surface area contributed by atoms with Gasteiger partial charge in [0.2, 0.25) is 11.8 Å². The van der Waals surface area contributed by atoms with E-state index in [-0.39, 0.29) is 29.6 Å². The minimum atomic E-state index is -0.165. The van der Waals surface area contributed by atoms with Gasteiger partial charge in [0.1, 0.15) is 0 Å². The first-order valence-corrected chi connectivity index (χ1v) is 10.7. The molecule has 1 saturated heterocycles. The van der Waals surface area contributed by atoms with Crippen LogP contribution in [-0.2, 0) is 16.1 Å². The van der Waals surface area contributed by atoms with Crippen LogP contribution >= 0.6 is 0 Å². The Kier molecular flexibility index (Phi) is 5.70. The number of likely N-dealkylation sites (tertiary alicyclic amines) is 1. The van der Waals surface area contributed by atoms with Crippen LogP contribution < -0.4 is 5.32 Å². The van der Waals surface area contributed by atoms with Crippen LogP contribution in [0.3, 0.4) is 0 Å². The average Bonchev–Trinajstić information content (AvgIpc) is 3.56. The van der Waals surface area contributed by atoms with Gasteiger partial charge in [-0.2, -0.15) is 0 Å². The van der Waals surface area contributed by atoms with Crippen LogP contribution in [0.15, 0.2) is 48.5 Å². The fraction of sp³-hybridized carbons (Fsp3) is 0.440. The molecule has 2 fully saturated rings. The van der Waals surface area contributed by atoms with Crippen molar-refractivity contribution >= 4 is 11.8 Å². The fourth-order valence-corrected chi connectivity index (χ4v) is 4.38. The van der Waals surface area contributed by atoms with Gasteiger partial charge >= 0.3 is 0 Å². The quantitative estimate of drug-likeness (QED) is 0.840. The molecule has 4 nitrogen and oxygen atoms in total. The summed E-state index contributed by atoms with van der Waals surface area (Å²) in [6, 6.07) is 16.7. The first-order chi connectivity index (χ1) is 14.0. The molecule has 0 aromatic heterocycles. The Bertz CT molecular complexity index is 903. The molecule has 4 rings (SSSR count). The van der Waals surface area contributed by atoms with Crippen molar-refractivity contribution in [1.82, 2.24) is 10.2 Å². The maximum Gasteiger partial charge on any atom is 0.225 e. The Balaban J connectivity index is 1.47. The van der Waals surface area contributed by atoms with Crippen molar-refractivity contribution in [3.8, 4) is 0 Å². The van der Waals surface area contributed by atoms with Gasteiger partial charge < -0.3 is 10.2 Å². The largest absolute Gasteiger partial charge is 0.352 e. The maximum absolute atomic E-state index is 13.0. The first-order valence-electron chi connectivity index (χ1n) is 10.7. The topological polar surface area (TPSA) is 49.4 Å². The van der Waals surface area contributed by atoms with Gasteiger partial charge in [0, 0.05) is 31.5 Å². The second-order valence-corrected chi connectivity index (χ2v) is 8.77. The molecule has 1 N–H and O–H groups in total. The number of rotatable bonds is 5. The second kappa shape index (κ2) is 8.40. The van der Waals surface area contributed by atoms with Crippen molar-refractivity contribution in [3.05, 3.63) is 70.8 Å². The smallest absolute Gasteiger partial charge is 0.225 e. The van der Waals surface area contributed by atoms with Crippen LogP contribution in [0.2, 0.25) is 0 Å². The lowest BCUT2D eigenvalue weighted by atomic mass is 9.83. The first kappa shape index (κ1) is 19.7. The van der Waals surface area contributed by atoms with Crippen LogP contribution in [0.5, 0.6) is 0 Å².